The molecular formula is C12H19N3O2S2. The van der Waals surface area contributed by atoms with Gasteiger partial charge in [-0.2, -0.15) is 4.31 Å². The standard InChI is InChI=1S/C12H19N3O2S2/c1-12(2-3-12)19(16,17)15-6-4-14(5-7-15)9-11-8-13-10-18-11/h8,10H,2-7,9H2,1H3. The van der Waals surface area contributed by atoms with Crippen LogP contribution in [-0.2, 0) is 16.6 Å². The lowest BCUT2D eigenvalue weighted by molar-refractivity contribution is 0.182. The molecule has 3 rings (SSSR count). The average Bonchev–Trinajstić information content (AvgIpc) is 2.96. The van der Waals surface area contributed by atoms with Crippen molar-refractivity contribution < 1.29 is 8.42 Å². The molecule has 1 aliphatic heterocycles. The fourth-order valence-electron chi connectivity index (χ4n) is 2.41. The third-order valence-electron chi connectivity index (χ3n) is 4.11. The van der Waals surface area contributed by atoms with E-state index in [9.17, 15) is 8.42 Å². The molecular weight excluding hydrogens is 282 g/mol. The fourth-order valence-corrected chi connectivity index (χ4v) is 4.94. The number of nitrogens with zero attached hydrogens (tertiary/aromatic N) is 3. The maximum Gasteiger partial charge on any atom is 0.219 e. The number of hydrogen-bond acceptors (Lipinski definition) is 5. The maximum absolute atomic E-state index is 12.4. The van der Waals surface area contributed by atoms with Crippen LogP contribution in [0.2, 0.25) is 0 Å². The quantitative estimate of drug-likeness (QED) is 0.837. The van der Waals surface area contributed by atoms with E-state index in [0.29, 0.717) is 13.1 Å². The van der Waals surface area contributed by atoms with Crippen molar-refractivity contribution in [2.75, 3.05) is 26.2 Å². The summed E-state index contributed by atoms with van der Waals surface area (Å²) in [7, 11) is -3.08. The lowest BCUT2D eigenvalue weighted by Gasteiger charge is -2.35. The van der Waals surface area contributed by atoms with Gasteiger partial charge in [0.1, 0.15) is 0 Å². The van der Waals surface area contributed by atoms with Crippen molar-refractivity contribution in [2.24, 2.45) is 0 Å². The van der Waals surface area contributed by atoms with Crippen molar-refractivity contribution in [1.29, 1.82) is 0 Å². The molecule has 0 amide bonds. The smallest absolute Gasteiger partial charge is 0.219 e. The SMILES string of the molecule is CC1(S(=O)(=O)N2CCN(Cc3cncs3)CC2)CC1. The van der Waals surface area contributed by atoms with E-state index >= 15 is 0 Å². The first-order valence-electron chi connectivity index (χ1n) is 6.61. The molecule has 2 heterocycles. The van der Waals surface area contributed by atoms with E-state index in [4.69, 9.17) is 0 Å². The third-order valence-corrected chi connectivity index (χ3v) is 7.57. The molecule has 5 nitrogen and oxygen atoms in total. The minimum absolute atomic E-state index is 0.465. The summed E-state index contributed by atoms with van der Waals surface area (Å²) in [5.74, 6) is 0. The molecule has 0 atom stereocenters. The van der Waals surface area contributed by atoms with Crippen molar-refractivity contribution in [3.8, 4) is 0 Å². The van der Waals surface area contributed by atoms with E-state index < -0.39 is 14.8 Å². The highest BCUT2D eigenvalue weighted by atomic mass is 32.2. The normalized spacial score (nSPS) is 24.5. The molecule has 1 aromatic rings. The highest BCUT2D eigenvalue weighted by Crippen LogP contribution is 2.44. The van der Waals surface area contributed by atoms with Crippen molar-refractivity contribution in [3.63, 3.8) is 0 Å². The molecule has 0 bridgehead atoms. The van der Waals surface area contributed by atoms with Gasteiger partial charge in [-0.05, 0) is 19.8 Å². The van der Waals surface area contributed by atoms with Crippen LogP contribution in [0.3, 0.4) is 0 Å². The molecule has 0 spiro atoms. The second kappa shape index (κ2) is 4.80. The lowest BCUT2D eigenvalue weighted by atomic mass is 10.3. The van der Waals surface area contributed by atoms with Crippen molar-refractivity contribution in [2.45, 2.75) is 31.1 Å². The predicted molar refractivity (Wildman–Crippen MR) is 75.5 cm³/mol. The van der Waals surface area contributed by atoms with Crippen LogP contribution in [-0.4, -0.2) is 53.5 Å². The summed E-state index contributed by atoms with van der Waals surface area (Å²) < 4.78 is 26.0. The molecule has 2 aliphatic rings. The van der Waals surface area contributed by atoms with E-state index in [1.165, 1.54) is 4.88 Å². The van der Waals surface area contributed by atoms with Gasteiger partial charge in [0.15, 0.2) is 0 Å². The van der Waals surface area contributed by atoms with Gasteiger partial charge >= 0.3 is 0 Å². The Kier molecular flexibility index (Phi) is 3.41. The second-order valence-corrected chi connectivity index (χ2v) is 9.02. The number of aromatic nitrogens is 1. The topological polar surface area (TPSA) is 53.5 Å². The van der Waals surface area contributed by atoms with E-state index in [-0.39, 0.29) is 0 Å². The van der Waals surface area contributed by atoms with Crippen LogP contribution in [0.4, 0.5) is 0 Å². The van der Waals surface area contributed by atoms with Crippen molar-refractivity contribution >= 4 is 21.4 Å². The van der Waals surface area contributed by atoms with Crippen molar-refractivity contribution in [3.05, 3.63) is 16.6 Å². The highest BCUT2D eigenvalue weighted by molar-refractivity contribution is 7.90. The third kappa shape index (κ3) is 2.56. The Morgan fingerprint density at radius 1 is 1.32 bits per heavy atom. The van der Waals surface area contributed by atoms with Gasteiger partial charge < -0.3 is 0 Å². The Morgan fingerprint density at radius 2 is 2.00 bits per heavy atom. The maximum atomic E-state index is 12.4. The Balaban J connectivity index is 1.58. The number of thiazole rings is 1. The van der Waals surface area contributed by atoms with Crippen LogP contribution >= 0.6 is 11.3 Å². The summed E-state index contributed by atoms with van der Waals surface area (Å²) in [6.45, 7) is 5.62. The second-order valence-electron chi connectivity index (χ2n) is 5.60. The molecule has 0 unspecified atom stereocenters. The molecule has 1 saturated heterocycles. The van der Waals surface area contributed by atoms with E-state index in [1.807, 2.05) is 18.6 Å². The van der Waals surface area contributed by atoms with E-state index in [1.54, 1.807) is 15.6 Å². The van der Waals surface area contributed by atoms with Gasteiger partial charge in [0.2, 0.25) is 10.0 Å². The fraction of sp³-hybridized carbons (Fsp3) is 0.750. The number of hydrogen-bond donors (Lipinski definition) is 0. The monoisotopic (exact) mass is 301 g/mol. The molecule has 106 valence electrons. The van der Waals surface area contributed by atoms with E-state index in [2.05, 4.69) is 9.88 Å². The van der Waals surface area contributed by atoms with Crippen LogP contribution in [0.15, 0.2) is 11.7 Å². The lowest BCUT2D eigenvalue weighted by Crippen LogP contribution is -2.50. The highest BCUT2D eigenvalue weighted by Gasteiger charge is 2.52. The molecule has 0 aromatic carbocycles. The average molecular weight is 301 g/mol. The molecule has 7 heteroatoms. The summed E-state index contributed by atoms with van der Waals surface area (Å²) in [5.41, 5.74) is 1.84. The zero-order chi connectivity index (χ0) is 13.5. The first-order chi connectivity index (χ1) is 9.01. The minimum Gasteiger partial charge on any atom is -0.296 e. The molecule has 1 aromatic heterocycles. The molecule has 1 saturated carbocycles. The van der Waals surface area contributed by atoms with Crippen LogP contribution in [0.1, 0.15) is 24.6 Å². The predicted octanol–water partition coefficient (Wildman–Crippen LogP) is 1.14. The summed E-state index contributed by atoms with van der Waals surface area (Å²) >= 11 is 1.65. The van der Waals surface area contributed by atoms with Crippen molar-refractivity contribution in [1.82, 2.24) is 14.2 Å². The van der Waals surface area contributed by atoms with Gasteiger partial charge in [0, 0.05) is 43.8 Å². The Morgan fingerprint density at radius 3 is 2.53 bits per heavy atom. The van der Waals surface area contributed by atoms with Gasteiger partial charge in [-0.3, -0.25) is 9.88 Å². The van der Waals surface area contributed by atoms with Crippen LogP contribution in [0.5, 0.6) is 0 Å². The first-order valence-corrected chi connectivity index (χ1v) is 8.93. The minimum atomic E-state index is -3.08. The van der Waals surface area contributed by atoms with E-state index in [0.717, 1.165) is 32.5 Å². The molecule has 0 radical (unpaired) electrons. The zero-order valence-corrected chi connectivity index (χ0v) is 12.7. The summed E-state index contributed by atoms with van der Waals surface area (Å²) in [6.07, 6.45) is 3.52. The van der Waals surface area contributed by atoms with Gasteiger partial charge in [-0.15, -0.1) is 11.3 Å². The summed E-state index contributed by atoms with van der Waals surface area (Å²) in [5, 5.41) is 0. The number of piperazine rings is 1. The number of sulfonamides is 1. The first kappa shape index (κ1) is 13.5. The Hall–Kier alpha value is -0.500. The number of rotatable bonds is 4. The molecule has 2 fully saturated rings. The summed E-state index contributed by atoms with van der Waals surface area (Å²) in [6, 6.07) is 0. The van der Waals surface area contributed by atoms with Crippen LogP contribution in [0.25, 0.3) is 0 Å². The molecule has 19 heavy (non-hydrogen) atoms. The van der Waals surface area contributed by atoms with Gasteiger partial charge in [0.25, 0.3) is 0 Å². The van der Waals surface area contributed by atoms with Crippen LogP contribution < -0.4 is 0 Å². The summed E-state index contributed by atoms with van der Waals surface area (Å²) in [4.78, 5) is 7.61. The van der Waals surface area contributed by atoms with Gasteiger partial charge in [-0.25, -0.2) is 8.42 Å². The Bertz CT molecular complexity index is 529. The van der Waals surface area contributed by atoms with Gasteiger partial charge in [0.05, 0.1) is 10.3 Å². The zero-order valence-electron chi connectivity index (χ0n) is 11.1. The largest absolute Gasteiger partial charge is 0.296 e. The Labute approximate surface area is 118 Å². The molecule has 0 N–H and O–H groups in total. The van der Waals surface area contributed by atoms with Gasteiger partial charge in [-0.1, -0.05) is 0 Å². The molecule has 1 aliphatic carbocycles. The van der Waals surface area contributed by atoms with Crippen LogP contribution in [0, 0.1) is 0 Å².